The van der Waals surface area contributed by atoms with Crippen LogP contribution in [0.5, 0.6) is 5.75 Å². The maximum Gasteiger partial charge on any atom is 0.287 e. The minimum atomic E-state index is -0.254. The zero-order valence-electron chi connectivity index (χ0n) is 12.3. The van der Waals surface area contributed by atoms with E-state index >= 15 is 0 Å². The molecule has 112 valence electrons. The molecular formula is C17H16N2O3. The molecule has 1 aromatic carbocycles. The smallest absolute Gasteiger partial charge is 0.287 e. The van der Waals surface area contributed by atoms with Crippen LogP contribution < -0.4 is 10.3 Å². The fourth-order valence-electron chi connectivity index (χ4n) is 2.27. The van der Waals surface area contributed by atoms with Crippen LogP contribution in [0.3, 0.4) is 0 Å². The van der Waals surface area contributed by atoms with Crippen molar-refractivity contribution in [3.8, 4) is 5.75 Å². The summed E-state index contributed by atoms with van der Waals surface area (Å²) >= 11 is 0. The Kier molecular flexibility index (Phi) is 3.78. The maximum atomic E-state index is 12.0. The normalized spacial score (nSPS) is 10.8. The summed E-state index contributed by atoms with van der Waals surface area (Å²) in [5, 5.41) is 0. The van der Waals surface area contributed by atoms with Crippen LogP contribution >= 0.6 is 0 Å². The number of ether oxygens (including phenoxy) is 1. The van der Waals surface area contributed by atoms with Crippen LogP contribution in [-0.4, -0.2) is 9.56 Å². The Balaban J connectivity index is 1.85. The molecule has 5 heteroatoms. The monoisotopic (exact) mass is 296 g/mol. The van der Waals surface area contributed by atoms with E-state index in [9.17, 15) is 4.79 Å². The molecule has 0 atom stereocenters. The summed E-state index contributed by atoms with van der Waals surface area (Å²) in [5.74, 6) is 1.41. The lowest BCUT2D eigenvalue weighted by molar-refractivity contribution is 0.296. The molecular weight excluding hydrogens is 280 g/mol. The van der Waals surface area contributed by atoms with Crippen molar-refractivity contribution in [3.63, 3.8) is 0 Å². The molecule has 3 rings (SSSR count). The van der Waals surface area contributed by atoms with Gasteiger partial charge < -0.3 is 9.26 Å². The van der Waals surface area contributed by atoms with Gasteiger partial charge in [0, 0.05) is 12.1 Å². The second-order valence-electron chi connectivity index (χ2n) is 4.97. The number of para-hydroxylation sites is 1. The minimum Gasteiger partial charge on any atom is -0.487 e. The molecule has 0 bridgehead atoms. The molecule has 0 spiro atoms. The molecule has 0 unspecified atom stereocenters. The Morgan fingerprint density at radius 1 is 1.36 bits per heavy atom. The number of nitrogens with zero attached hydrogens (tertiary/aromatic N) is 2. The number of allylic oxidation sites excluding steroid dienone is 1. The van der Waals surface area contributed by atoms with E-state index in [1.54, 1.807) is 13.0 Å². The highest BCUT2D eigenvalue weighted by Gasteiger charge is 2.08. The van der Waals surface area contributed by atoms with Crippen LogP contribution in [0.4, 0.5) is 0 Å². The quantitative estimate of drug-likeness (QED) is 0.679. The van der Waals surface area contributed by atoms with Gasteiger partial charge in [-0.3, -0.25) is 4.79 Å². The molecule has 0 fully saturated rings. The van der Waals surface area contributed by atoms with Crippen molar-refractivity contribution in [2.24, 2.45) is 0 Å². The number of rotatable bonds is 5. The molecule has 0 amide bonds. The highest BCUT2D eigenvalue weighted by atomic mass is 16.5. The predicted molar refractivity (Wildman–Crippen MR) is 83.1 cm³/mol. The molecule has 0 saturated carbocycles. The van der Waals surface area contributed by atoms with Crippen LogP contribution in [0.2, 0.25) is 0 Å². The van der Waals surface area contributed by atoms with Gasteiger partial charge >= 0.3 is 0 Å². The van der Waals surface area contributed by atoms with Crippen molar-refractivity contribution < 1.29 is 9.26 Å². The average molecular weight is 296 g/mol. The van der Waals surface area contributed by atoms with Crippen molar-refractivity contribution in [1.82, 2.24) is 9.56 Å². The Morgan fingerprint density at radius 3 is 3.00 bits per heavy atom. The Labute approximate surface area is 127 Å². The summed E-state index contributed by atoms with van der Waals surface area (Å²) in [6.45, 7) is 5.74. The van der Waals surface area contributed by atoms with Crippen LogP contribution in [0, 0.1) is 6.92 Å². The highest BCUT2D eigenvalue weighted by molar-refractivity contribution is 5.38. The van der Waals surface area contributed by atoms with Crippen LogP contribution in [0.25, 0.3) is 5.65 Å². The summed E-state index contributed by atoms with van der Waals surface area (Å²) in [6.07, 6.45) is 2.55. The van der Waals surface area contributed by atoms with E-state index in [0.717, 1.165) is 17.7 Å². The largest absolute Gasteiger partial charge is 0.487 e. The van der Waals surface area contributed by atoms with Gasteiger partial charge in [0.1, 0.15) is 18.1 Å². The Hall–Kier alpha value is -2.82. The van der Waals surface area contributed by atoms with Gasteiger partial charge in [-0.1, -0.05) is 24.3 Å². The number of hydrogen-bond acceptors (Lipinski definition) is 4. The molecule has 3 aromatic rings. The Bertz CT molecular complexity index is 877. The zero-order chi connectivity index (χ0) is 15.5. The summed E-state index contributed by atoms with van der Waals surface area (Å²) in [6, 6.07) is 10.9. The van der Waals surface area contributed by atoms with E-state index in [-0.39, 0.29) is 12.2 Å². The third-order valence-corrected chi connectivity index (χ3v) is 3.24. The van der Waals surface area contributed by atoms with Crippen molar-refractivity contribution in [2.75, 3.05) is 0 Å². The van der Waals surface area contributed by atoms with Crippen LogP contribution in [0.15, 0.2) is 58.4 Å². The van der Waals surface area contributed by atoms with Crippen molar-refractivity contribution in [1.29, 1.82) is 0 Å². The van der Waals surface area contributed by atoms with Gasteiger partial charge in [0.15, 0.2) is 5.65 Å². The zero-order valence-corrected chi connectivity index (χ0v) is 12.3. The predicted octanol–water partition coefficient (Wildman–Crippen LogP) is 2.90. The first-order valence-electron chi connectivity index (χ1n) is 6.98. The molecule has 0 radical (unpaired) electrons. The van der Waals surface area contributed by atoms with E-state index in [0.29, 0.717) is 17.1 Å². The summed E-state index contributed by atoms with van der Waals surface area (Å²) in [5.41, 5.74) is 1.85. The summed E-state index contributed by atoms with van der Waals surface area (Å²) < 4.78 is 12.2. The second kappa shape index (κ2) is 5.89. The molecule has 0 aliphatic rings. The third kappa shape index (κ3) is 2.79. The van der Waals surface area contributed by atoms with E-state index in [4.69, 9.17) is 9.26 Å². The molecule has 2 heterocycles. The van der Waals surface area contributed by atoms with E-state index < -0.39 is 0 Å². The molecule has 0 aliphatic heterocycles. The van der Waals surface area contributed by atoms with Crippen molar-refractivity contribution in [2.45, 2.75) is 20.0 Å². The second-order valence-corrected chi connectivity index (χ2v) is 4.97. The summed E-state index contributed by atoms with van der Waals surface area (Å²) in [4.78, 5) is 16.3. The topological polar surface area (TPSA) is 56.7 Å². The Morgan fingerprint density at radius 2 is 2.18 bits per heavy atom. The van der Waals surface area contributed by atoms with Crippen LogP contribution in [0.1, 0.15) is 17.0 Å². The number of fused-ring (bicyclic) bond motifs is 1. The van der Waals surface area contributed by atoms with Gasteiger partial charge in [0.05, 0.1) is 5.69 Å². The van der Waals surface area contributed by atoms with Crippen molar-refractivity contribution in [3.05, 3.63) is 76.4 Å². The van der Waals surface area contributed by atoms with E-state index in [2.05, 4.69) is 11.6 Å². The first-order chi connectivity index (χ1) is 10.7. The van der Waals surface area contributed by atoms with Crippen molar-refractivity contribution >= 4 is 5.65 Å². The number of benzene rings is 1. The lowest BCUT2D eigenvalue weighted by atomic mass is 10.1. The molecule has 0 N–H and O–H groups in total. The fraction of sp³-hybridized carbons (Fsp3) is 0.176. The van der Waals surface area contributed by atoms with Gasteiger partial charge in [-0.25, -0.2) is 4.98 Å². The number of aromatic nitrogens is 2. The lowest BCUT2D eigenvalue weighted by Gasteiger charge is -2.09. The third-order valence-electron chi connectivity index (χ3n) is 3.24. The molecule has 5 nitrogen and oxygen atoms in total. The fourth-order valence-corrected chi connectivity index (χ4v) is 2.27. The van der Waals surface area contributed by atoms with Gasteiger partial charge in [0.25, 0.3) is 5.56 Å². The minimum absolute atomic E-state index is 0.226. The SMILES string of the molecule is C=CCc1ccccc1OCc1cc(=O)n2oc(C)cc2n1. The summed E-state index contributed by atoms with van der Waals surface area (Å²) in [7, 11) is 0. The maximum absolute atomic E-state index is 12.0. The highest BCUT2D eigenvalue weighted by Crippen LogP contribution is 2.19. The van der Waals surface area contributed by atoms with E-state index in [1.807, 2.05) is 30.3 Å². The van der Waals surface area contributed by atoms with Gasteiger partial charge in [-0.05, 0) is 25.0 Å². The lowest BCUT2D eigenvalue weighted by Crippen LogP contribution is -2.14. The molecule has 22 heavy (non-hydrogen) atoms. The first kappa shape index (κ1) is 14.1. The standard InChI is InChI=1S/C17H16N2O3/c1-3-6-13-7-4-5-8-15(13)21-11-14-10-17(20)19-16(18-14)9-12(2)22-19/h3-5,7-10H,1,6,11H2,2H3. The number of hydrogen-bond donors (Lipinski definition) is 0. The molecule has 0 saturated heterocycles. The molecule has 0 aliphatic carbocycles. The molecule has 2 aromatic heterocycles. The van der Waals surface area contributed by atoms with Gasteiger partial charge in [0.2, 0.25) is 0 Å². The number of aryl methyl sites for hydroxylation is 1. The van der Waals surface area contributed by atoms with E-state index in [1.165, 1.54) is 10.6 Å². The van der Waals surface area contributed by atoms with Gasteiger partial charge in [-0.15, -0.1) is 11.2 Å². The van der Waals surface area contributed by atoms with Crippen LogP contribution in [-0.2, 0) is 13.0 Å². The first-order valence-corrected chi connectivity index (χ1v) is 6.98. The average Bonchev–Trinajstić information content (AvgIpc) is 2.88. The van der Waals surface area contributed by atoms with Gasteiger partial charge in [-0.2, -0.15) is 0 Å².